The van der Waals surface area contributed by atoms with Gasteiger partial charge in [-0.3, -0.25) is 10.6 Å². The van der Waals surface area contributed by atoms with E-state index in [1.54, 1.807) is 6.92 Å². The van der Waals surface area contributed by atoms with Gasteiger partial charge in [-0.1, -0.05) is 32.6 Å². The summed E-state index contributed by atoms with van der Waals surface area (Å²) in [5.41, 5.74) is 7.99. The highest BCUT2D eigenvalue weighted by Gasteiger charge is 2.28. The molecule has 0 heterocycles. The normalized spacial score (nSPS) is 21.0. The van der Waals surface area contributed by atoms with Crippen molar-refractivity contribution in [1.82, 2.24) is 5.43 Å². The number of esters is 2. The maximum Gasteiger partial charge on any atom is 0.364 e. The van der Waals surface area contributed by atoms with Gasteiger partial charge in [-0.05, 0) is 38.5 Å². The molecule has 5 N–H and O–H groups in total. The summed E-state index contributed by atoms with van der Waals surface area (Å²) in [6.07, 6.45) is 9.28. The van der Waals surface area contributed by atoms with E-state index in [-0.39, 0.29) is 29.6 Å². The van der Waals surface area contributed by atoms with Crippen LogP contribution in [0.25, 0.3) is 0 Å². The fourth-order valence-corrected chi connectivity index (χ4v) is 3.59. The minimum Gasteiger partial charge on any atom is -0.474 e. The molecule has 0 bridgehead atoms. The first-order valence-electron chi connectivity index (χ1n) is 10.1. The van der Waals surface area contributed by atoms with Crippen LogP contribution in [0.4, 0.5) is 0 Å². The Hall–Kier alpha value is -1.96. The summed E-state index contributed by atoms with van der Waals surface area (Å²) >= 11 is 0. The smallest absolute Gasteiger partial charge is 0.364 e. The number of nitrogens with one attached hydrogen (secondary N) is 1. The van der Waals surface area contributed by atoms with Gasteiger partial charge in [0.2, 0.25) is 12.2 Å². The number of hydrogen-bond donors (Lipinski definition) is 3. The van der Waals surface area contributed by atoms with Crippen molar-refractivity contribution in [3.63, 3.8) is 0 Å². The van der Waals surface area contributed by atoms with Gasteiger partial charge in [0.15, 0.2) is 5.70 Å². The highest BCUT2D eigenvalue weighted by Crippen LogP contribution is 2.26. The van der Waals surface area contributed by atoms with Gasteiger partial charge in [0, 0.05) is 6.42 Å². The van der Waals surface area contributed by atoms with E-state index in [9.17, 15) is 9.59 Å². The summed E-state index contributed by atoms with van der Waals surface area (Å²) in [6.45, 7) is 1.77. The summed E-state index contributed by atoms with van der Waals surface area (Å²) in [5.74, 6) is 4.12. The fraction of sp³-hybridized carbons (Fsp3) is 0.789. The minimum absolute atomic E-state index is 0.0269. The average molecular weight is 383 g/mol. The molecular weight excluding hydrogens is 350 g/mol. The molecule has 2 rings (SSSR count). The lowest BCUT2D eigenvalue weighted by molar-refractivity contribution is -0.189. The zero-order chi connectivity index (χ0) is 19.6. The van der Waals surface area contributed by atoms with Crippen molar-refractivity contribution in [1.29, 1.82) is 0 Å². The van der Waals surface area contributed by atoms with Gasteiger partial charge >= 0.3 is 11.9 Å². The summed E-state index contributed by atoms with van der Waals surface area (Å²) < 4.78 is 16.3. The lowest BCUT2D eigenvalue weighted by atomic mass is 9.89. The molecule has 2 saturated carbocycles. The standard InChI is InChI=1S/C19H33N3O5/c1-2-15(26-18(23)13-9-5-3-6-10-13)27-19(24)16(22-21)17(20)25-14-11-7-4-8-12-14/h13-15,22H,2-12,20-21H2,1H3/b17-16+. The van der Waals surface area contributed by atoms with Gasteiger partial charge in [0.25, 0.3) is 0 Å². The van der Waals surface area contributed by atoms with E-state index >= 15 is 0 Å². The zero-order valence-electron chi connectivity index (χ0n) is 16.2. The Morgan fingerprint density at radius 1 is 1.00 bits per heavy atom. The Bertz CT molecular complexity index is 525. The molecule has 0 aliphatic heterocycles. The molecule has 0 spiro atoms. The zero-order valence-corrected chi connectivity index (χ0v) is 16.2. The van der Waals surface area contributed by atoms with E-state index in [1.807, 2.05) is 0 Å². The van der Waals surface area contributed by atoms with Gasteiger partial charge in [0.05, 0.1) is 5.92 Å². The molecule has 8 nitrogen and oxygen atoms in total. The molecule has 2 aliphatic carbocycles. The molecule has 0 radical (unpaired) electrons. The molecule has 154 valence electrons. The molecular formula is C19H33N3O5. The van der Waals surface area contributed by atoms with Gasteiger partial charge in [-0.2, -0.15) is 0 Å². The Morgan fingerprint density at radius 3 is 2.15 bits per heavy atom. The van der Waals surface area contributed by atoms with Crippen LogP contribution in [0.2, 0.25) is 0 Å². The van der Waals surface area contributed by atoms with Crippen LogP contribution >= 0.6 is 0 Å². The SMILES string of the molecule is CCC(OC(=O)/C(NN)=C(/N)OC1CCCCC1)OC(=O)C1CCCCC1. The number of ether oxygens (including phenoxy) is 3. The van der Waals surface area contributed by atoms with Gasteiger partial charge < -0.3 is 25.4 Å². The van der Waals surface area contributed by atoms with Crippen molar-refractivity contribution < 1.29 is 23.8 Å². The first kappa shape index (κ1) is 21.3. The summed E-state index contributed by atoms with van der Waals surface area (Å²) in [7, 11) is 0. The third kappa shape index (κ3) is 6.61. The van der Waals surface area contributed by atoms with Crippen molar-refractivity contribution in [2.75, 3.05) is 0 Å². The molecule has 8 heteroatoms. The first-order valence-corrected chi connectivity index (χ1v) is 10.1. The van der Waals surface area contributed by atoms with Crippen LogP contribution in [-0.4, -0.2) is 24.3 Å². The Kier molecular flexibility index (Phi) is 8.71. The van der Waals surface area contributed by atoms with Crippen LogP contribution < -0.4 is 17.0 Å². The van der Waals surface area contributed by atoms with Crippen LogP contribution in [0.15, 0.2) is 11.6 Å². The Morgan fingerprint density at radius 2 is 1.59 bits per heavy atom. The van der Waals surface area contributed by atoms with Gasteiger partial charge in [0.1, 0.15) is 6.10 Å². The first-order chi connectivity index (χ1) is 13.0. The molecule has 27 heavy (non-hydrogen) atoms. The van der Waals surface area contributed by atoms with E-state index in [0.29, 0.717) is 6.42 Å². The number of carbonyl (C=O) groups is 2. The van der Waals surface area contributed by atoms with E-state index in [4.69, 9.17) is 25.8 Å². The summed E-state index contributed by atoms with van der Waals surface area (Å²) in [4.78, 5) is 24.7. The monoisotopic (exact) mass is 383 g/mol. The van der Waals surface area contributed by atoms with Crippen molar-refractivity contribution in [3.05, 3.63) is 11.6 Å². The van der Waals surface area contributed by atoms with Crippen molar-refractivity contribution in [2.45, 2.75) is 89.9 Å². The quantitative estimate of drug-likeness (QED) is 0.146. The number of carbonyl (C=O) groups excluding carboxylic acids is 2. The predicted molar refractivity (Wildman–Crippen MR) is 99.3 cm³/mol. The van der Waals surface area contributed by atoms with Crippen LogP contribution in [0, 0.1) is 5.92 Å². The Labute approximate surface area is 160 Å². The highest BCUT2D eigenvalue weighted by molar-refractivity contribution is 5.88. The second-order valence-corrected chi connectivity index (χ2v) is 7.28. The van der Waals surface area contributed by atoms with Crippen molar-refractivity contribution in [3.8, 4) is 0 Å². The number of nitrogens with two attached hydrogens (primary N) is 2. The van der Waals surface area contributed by atoms with E-state index in [0.717, 1.165) is 57.8 Å². The highest BCUT2D eigenvalue weighted by atomic mass is 16.7. The van der Waals surface area contributed by atoms with E-state index in [2.05, 4.69) is 5.43 Å². The van der Waals surface area contributed by atoms with Crippen molar-refractivity contribution in [2.24, 2.45) is 17.5 Å². The summed E-state index contributed by atoms with van der Waals surface area (Å²) in [5, 5.41) is 0. The molecule has 0 saturated heterocycles. The largest absolute Gasteiger partial charge is 0.474 e. The minimum atomic E-state index is -0.974. The second-order valence-electron chi connectivity index (χ2n) is 7.28. The molecule has 0 aromatic heterocycles. The molecule has 2 fully saturated rings. The molecule has 0 aromatic rings. The molecule has 1 atom stereocenters. The number of hydrogen-bond acceptors (Lipinski definition) is 8. The summed E-state index contributed by atoms with van der Waals surface area (Å²) in [6, 6.07) is 0. The Balaban J connectivity index is 1.91. The van der Waals surface area contributed by atoms with E-state index in [1.165, 1.54) is 6.42 Å². The maximum absolute atomic E-state index is 12.4. The lowest BCUT2D eigenvalue weighted by Gasteiger charge is -2.25. The molecule has 2 aliphatic rings. The van der Waals surface area contributed by atoms with Crippen LogP contribution in [0.1, 0.15) is 77.6 Å². The lowest BCUT2D eigenvalue weighted by Crippen LogP contribution is -2.36. The van der Waals surface area contributed by atoms with E-state index < -0.39 is 12.3 Å². The number of rotatable bonds is 8. The van der Waals surface area contributed by atoms with Gasteiger partial charge in [-0.25, -0.2) is 4.79 Å². The van der Waals surface area contributed by atoms with Crippen molar-refractivity contribution >= 4 is 11.9 Å². The molecule has 1 unspecified atom stereocenters. The predicted octanol–water partition coefficient (Wildman–Crippen LogP) is 2.33. The molecule has 0 aromatic carbocycles. The average Bonchev–Trinajstić information content (AvgIpc) is 2.69. The van der Waals surface area contributed by atoms with Crippen LogP contribution in [-0.2, 0) is 23.8 Å². The second kappa shape index (κ2) is 11.0. The maximum atomic E-state index is 12.4. The molecule has 0 amide bonds. The van der Waals surface area contributed by atoms with Crippen LogP contribution in [0.5, 0.6) is 0 Å². The third-order valence-corrected chi connectivity index (χ3v) is 5.20. The number of hydrazine groups is 1. The van der Waals surface area contributed by atoms with Crippen LogP contribution in [0.3, 0.4) is 0 Å². The fourth-order valence-electron chi connectivity index (χ4n) is 3.59. The van der Waals surface area contributed by atoms with Gasteiger partial charge in [-0.15, -0.1) is 0 Å². The topological polar surface area (TPSA) is 126 Å². The third-order valence-electron chi connectivity index (χ3n) is 5.20.